The summed E-state index contributed by atoms with van der Waals surface area (Å²) in [5.74, 6) is 0. The van der Waals surface area contributed by atoms with Gasteiger partial charge < -0.3 is 5.73 Å². The van der Waals surface area contributed by atoms with Gasteiger partial charge in [0.2, 0.25) is 0 Å². The predicted octanol–water partition coefficient (Wildman–Crippen LogP) is 3.42. The van der Waals surface area contributed by atoms with Crippen molar-refractivity contribution in [3.05, 3.63) is 23.9 Å². The molecular weight excluding hydrogens is 340 g/mol. The molecule has 0 radical (unpaired) electrons. The summed E-state index contributed by atoms with van der Waals surface area (Å²) in [6.45, 7) is 3.44. The van der Waals surface area contributed by atoms with Crippen LogP contribution in [0.4, 0.5) is 11.4 Å². The fourth-order valence-corrected chi connectivity index (χ4v) is 1.39. The van der Waals surface area contributed by atoms with Crippen LogP contribution in [0.3, 0.4) is 0 Å². The molecule has 0 heterocycles. The number of aliphatic imine (C=N–C) groups is 1. The van der Waals surface area contributed by atoms with Crippen LogP contribution in [0.5, 0.6) is 0 Å². The van der Waals surface area contributed by atoms with E-state index in [4.69, 9.17) is 5.73 Å². The molecule has 1 N–H and O–H groups in total. The monoisotopic (exact) mass is 349 g/mol. The molecular formula is C8H9N2SW-. The van der Waals surface area contributed by atoms with Crippen molar-refractivity contribution in [1.82, 2.24) is 0 Å². The molecule has 1 aromatic rings. The number of benzene rings is 1. The third-order valence-corrected chi connectivity index (χ3v) is 2.12. The van der Waals surface area contributed by atoms with Gasteiger partial charge in [-0.3, -0.25) is 4.99 Å². The number of rotatable bonds is 2. The SMILES string of the molecule is C=Nc1ccc([NH-])cc1SC.[W]. The number of thioether (sulfide) groups is 1. The van der Waals surface area contributed by atoms with Crippen LogP contribution in [0.25, 0.3) is 5.73 Å². The smallest absolute Gasteiger partial charge is 0.0757 e. The van der Waals surface area contributed by atoms with Gasteiger partial charge in [-0.15, -0.1) is 17.4 Å². The fourth-order valence-electron chi connectivity index (χ4n) is 0.808. The van der Waals surface area contributed by atoms with Gasteiger partial charge in [0.15, 0.2) is 0 Å². The molecule has 0 saturated carbocycles. The van der Waals surface area contributed by atoms with Crippen LogP contribution >= 0.6 is 11.8 Å². The number of nitrogens with zero attached hydrogens (tertiary/aromatic N) is 1. The Kier molecular flexibility index (Phi) is 5.27. The summed E-state index contributed by atoms with van der Waals surface area (Å²) in [6.07, 6.45) is 1.96. The fraction of sp³-hybridized carbons (Fsp3) is 0.125. The Balaban J connectivity index is 0.00000121. The topological polar surface area (TPSA) is 36.2 Å². The predicted molar refractivity (Wildman–Crippen MR) is 51.4 cm³/mol. The third-order valence-electron chi connectivity index (χ3n) is 1.35. The van der Waals surface area contributed by atoms with E-state index in [-0.39, 0.29) is 21.1 Å². The minimum Gasteiger partial charge on any atom is -0.699 e. The van der Waals surface area contributed by atoms with Gasteiger partial charge in [-0.2, -0.15) is 0 Å². The van der Waals surface area contributed by atoms with Crippen LogP contribution < -0.4 is 0 Å². The molecule has 0 fully saturated rings. The molecule has 0 aliphatic rings. The first-order valence-corrected chi connectivity index (χ1v) is 4.36. The molecule has 0 aromatic heterocycles. The second-order valence-corrected chi connectivity index (χ2v) is 2.89. The summed E-state index contributed by atoms with van der Waals surface area (Å²) in [5, 5.41) is 0. The molecule has 0 amide bonds. The van der Waals surface area contributed by atoms with E-state index in [0.717, 1.165) is 10.6 Å². The zero-order valence-corrected chi connectivity index (χ0v) is 10.5. The van der Waals surface area contributed by atoms with Gasteiger partial charge in [0.05, 0.1) is 5.69 Å². The maximum atomic E-state index is 7.34. The molecule has 2 nitrogen and oxygen atoms in total. The summed E-state index contributed by atoms with van der Waals surface area (Å²) in [6, 6.07) is 5.31. The molecule has 64 valence electrons. The molecule has 1 rings (SSSR count). The van der Waals surface area contributed by atoms with Crippen molar-refractivity contribution in [3.8, 4) is 0 Å². The van der Waals surface area contributed by atoms with E-state index < -0.39 is 0 Å². The summed E-state index contributed by atoms with van der Waals surface area (Å²) in [5.41, 5.74) is 8.71. The minimum absolute atomic E-state index is 0. The van der Waals surface area contributed by atoms with Crippen molar-refractivity contribution in [1.29, 1.82) is 0 Å². The van der Waals surface area contributed by atoms with E-state index in [2.05, 4.69) is 11.7 Å². The third kappa shape index (κ3) is 2.65. The average Bonchev–Trinajstić information content (AvgIpc) is 2.04. The Morgan fingerprint density at radius 3 is 2.67 bits per heavy atom. The Labute approximate surface area is 90.9 Å². The first-order chi connectivity index (χ1) is 5.27. The standard InChI is InChI=1S/C8H9N2S.W/c1-10-7-4-3-6(9)5-8(7)11-2;/h3-5,9H,1H2,2H3;/q-1;. The quantitative estimate of drug-likeness (QED) is 0.595. The Hall–Kier alpha value is -0.272. The van der Waals surface area contributed by atoms with Gasteiger partial charge >= 0.3 is 0 Å². The number of nitrogens with one attached hydrogen (secondary N) is 1. The molecule has 0 atom stereocenters. The maximum Gasteiger partial charge on any atom is 0.0757 e. The number of hydrogen-bond acceptors (Lipinski definition) is 2. The van der Waals surface area contributed by atoms with Crippen molar-refractivity contribution in [3.63, 3.8) is 0 Å². The number of hydrogen-bond donors (Lipinski definition) is 0. The van der Waals surface area contributed by atoms with Crippen LogP contribution in [-0.4, -0.2) is 13.0 Å². The van der Waals surface area contributed by atoms with E-state index in [9.17, 15) is 0 Å². The van der Waals surface area contributed by atoms with Crippen LogP contribution in [-0.2, 0) is 21.1 Å². The average molecular weight is 349 g/mol. The normalized spacial score (nSPS) is 8.75. The summed E-state index contributed by atoms with van der Waals surface area (Å²) < 4.78 is 0. The van der Waals surface area contributed by atoms with Gasteiger partial charge in [-0.05, 0) is 19.0 Å². The summed E-state index contributed by atoms with van der Waals surface area (Å²) in [4.78, 5) is 4.84. The van der Waals surface area contributed by atoms with E-state index in [1.807, 2.05) is 6.26 Å². The van der Waals surface area contributed by atoms with E-state index in [1.54, 1.807) is 30.0 Å². The molecule has 12 heavy (non-hydrogen) atoms. The Morgan fingerprint density at radius 1 is 1.50 bits per heavy atom. The molecule has 0 saturated heterocycles. The van der Waals surface area contributed by atoms with Crippen LogP contribution in [0.1, 0.15) is 0 Å². The van der Waals surface area contributed by atoms with Crippen LogP contribution in [0, 0.1) is 0 Å². The summed E-state index contributed by atoms with van der Waals surface area (Å²) in [7, 11) is 0. The van der Waals surface area contributed by atoms with Crippen molar-refractivity contribution >= 4 is 29.9 Å². The molecule has 0 spiro atoms. The van der Waals surface area contributed by atoms with Gasteiger partial charge in [-0.1, -0.05) is 12.1 Å². The Morgan fingerprint density at radius 2 is 2.17 bits per heavy atom. The maximum absolute atomic E-state index is 7.34. The van der Waals surface area contributed by atoms with Crippen molar-refractivity contribution in [2.45, 2.75) is 4.90 Å². The summed E-state index contributed by atoms with van der Waals surface area (Å²) >= 11 is 1.58. The second-order valence-electron chi connectivity index (χ2n) is 2.04. The van der Waals surface area contributed by atoms with Crippen molar-refractivity contribution in [2.24, 2.45) is 4.99 Å². The van der Waals surface area contributed by atoms with Gasteiger partial charge in [0.25, 0.3) is 0 Å². The molecule has 4 heteroatoms. The molecule has 0 aliphatic carbocycles. The van der Waals surface area contributed by atoms with E-state index >= 15 is 0 Å². The van der Waals surface area contributed by atoms with E-state index in [1.165, 1.54) is 0 Å². The minimum atomic E-state index is 0. The van der Waals surface area contributed by atoms with Crippen LogP contribution in [0.2, 0.25) is 0 Å². The second kappa shape index (κ2) is 5.39. The first-order valence-electron chi connectivity index (χ1n) is 3.14. The molecule has 0 bridgehead atoms. The molecule has 0 aliphatic heterocycles. The Bertz CT molecular complexity index is 276. The van der Waals surface area contributed by atoms with Gasteiger partial charge in [0, 0.05) is 26.0 Å². The van der Waals surface area contributed by atoms with Crippen molar-refractivity contribution < 1.29 is 21.1 Å². The zero-order chi connectivity index (χ0) is 8.27. The van der Waals surface area contributed by atoms with Gasteiger partial charge in [0.1, 0.15) is 0 Å². The van der Waals surface area contributed by atoms with Crippen molar-refractivity contribution in [2.75, 3.05) is 6.26 Å². The zero-order valence-electron chi connectivity index (χ0n) is 6.70. The van der Waals surface area contributed by atoms with E-state index in [0.29, 0.717) is 5.69 Å². The van der Waals surface area contributed by atoms with Gasteiger partial charge in [-0.25, -0.2) is 0 Å². The molecule has 0 unspecified atom stereocenters. The first kappa shape index (κ1) is 11.7. The van der Waals surface area contributed by atoms with Crippen LogP contribution in [0.15, 0.2) is 28.1 Å². The molecule has 1 aromatic carbocycles. The largest absolute Gasteiger partial charge is 0.699 e.